The van der Waals surface area contributed by atoms with Gasteiger partial charge in [0.25, 0.3) is 0 Å². The summed E-state index contributed by atoms with van der Waals surface area (Å²) < 4.78 is 24.4. The van der Waals surface area contributed by atoms with Crippen LogP contribution in [0.15, 0.2) is 53.4 Å². The summed E-state index contributed by atoms with van der Waals surface area (Å²) in [5.41, 5.74) is 4.95. The van der Waals surface area contributed by atoms with Crippen LogP contribution >= 0.6 is 0 Å². The van der Waals surface area contributed by atoms with Crippen molar-refractivity contribution >= 4 is 26.9 Å². The Morgan fingerprint density at radius 2 is 1.81 bits per heavy atom. The predicted molar refractivity (Wildman–Crippen MR) is 110 cm³/mol. The highest BCUT2D eigenvalue weighted by Gasteiger charge is 2.21. The van der Waals surface area contributed by atoms with Crippen LogP contribution < -0.4 is 4.90 Å². The van der Waals surface area contributed by atoms with E-state index in [-0.39, 0.29) is 10.7 Å². The minimum absolute atomic E-state index is 0.0689. The summed E-state index contributed by atoms with van der Waals surface area (Å²) in [6.07, 6.45) is 5.21. The van der Waals surface area contributed by atoms with Crippen molar-refractivity contribution in [1.82, 2.24) is 0 Å². The van der Waals surface area contributed by atoms with Gasteiger partial charge in [-0.05, 0) is 54.7 Å². The van der Waals surface area contributed by atoms with Gasteiger partial charge in [-0.2, -0.15) is 0 Å². The van der Waals surface area contributed by atoms with E-state index in [1.807, 2.05) is 4.90 Å². The number of carbonyl (C=O) groups excluding carboxylic acids is 1. The zero-order chi connectivity index (χ0) is 19.6. The van der Waals surface area contributed by atoms with Gasteiger partial charge < -0.3 is 4.90 Å². The van der Waals surface area contributed by atoms with E-state index in [4.69, 9.17) is 0 Å². The zero-order valence-corrected chi connectivity index (χ0v) is 16.8. The number of rotatable bonds is 5. The van der Waals surface area contributed by atoms with Crippen molar-refractivity contribution in [3.8, 4) is 0 Å². The molecule has 0 atom stereocenters. The maximum atomic E-state index is 12.2. The molecule has 2 aromatic rings. The standard InChI is InChI=1S/C22H25NO3S/c1-4-17-5-7-18(8-6-17)19-11-13-23(14-12-19)21-15-20(16(2)24)9-10-22(21)27(3,25)26/h5-11,15H,4,12-14H2,1-3H3. The minimum Gasteiger partial charge on any atom is -0.366 e. The average Bonchev–Trinajstić information content (AvgIpc) is 2.67. The molecule has 5 heteroatoms. The molecule has 0 spiro atoms. The molecule has 0 unspecified atom stereocenters. The molecule has 0 saturated heterocycles. The largest absolute Gasteiger partial charge is 0.366 e. The van der Waals surface area contributed by atoms with Gasteiger partial charge in [0, 0.05) is 24.9 Å². The molecule has 0 amide bonds. The second-order valence-corrected chi connectivity index (χ2v) is 8.97. The van der Waals surface area contributed by atoms with Gasteiger partial charge in [0.2, 0.25) is 0 Å². The summed E-state index contributed by atoms with van der Waals surface area (Å²) >= 11 is 0. The van der Waals surface area contributed by atoms with E-state index in [9.17, 15) is 13.2 Å². The SMILES string of the molecule is CCc1ccc(C2=CCN(c3cc(C(C)=O)ccc3S(C)(=O)=O)CC2)cc1. The first-order valence-corrected chi connectivity index (χ1v) is 11.1. The molecule has 1 heterocycles. The Kier molecular flexibility index (Phi) is 5.51. The van der Waals surface area contributed by atoms with Crippen molar-refractivity contribution in [3.63, 3.8) is 0 Å². The summed E-state index contributed by atoms with van der Waals surface area (Å²) in [4.78, 5) is 14.1. The first kappa shape index (κ1) is 19.4. The monoisotopic (exact) mass is 383 g/mol. The summed E-state index contributed by atoms with van der Waals surface area (Å²) in [7, 11) is -3.37. The first-order valence-electron chi connectivity index (χ1n) is 9.18. The van der Waals surface area contributed by atoms with Crippen LogP contribution in [0.25, 0.3) is 5.57 Å². The van der Waals surface area contributed by atoms with E-state index in [0.717, 1.165) is 12.8 Å². The number of Topliss-reactive ketones (excluding diaryl/α,β-unsaturated/α-hetero) is 1. The molecule has 0 saturated carbocycles. The molecule has 0 N–H and O–H groups in total. The lowest BCUT2D eigenvalue weighted by Gasteiger charge is -2.30. The van der Waals surface area contributed by atoms with Gasteiger partial charge in [-0.25, -0.2) is 8.42 Å². The Bertz CT molecular complexity index is 989. The fourth-order valence-corrected chi connectivity index (χ4v) is 4.28. The van der Waals surface area contributed by atoms with Crippen molar-refractivity contribution in [2.45, 2.75) is 31.6 Å². The van der Waals surface area contributed by atoms with Crippen LogP contribution in [0.4, 0.5) is 5.69 Å². The van der Waals surface area contributed by atoms with Gasteiger partial charge >= 0.3 is 0 Å². The third-order valence-corrected chi connectivity index (χ3v) is 6.19. The van der Waals surface area contributed by atoms with Gasteiger partial charge in [0.1, 0.15) is 0 Å². The topological polar surface area (TPSA) is 54.5 Å². The normalized spacial score (nSPS) is 14.8. The summed E-state index contributed by atoms with van der Waals surface area (Å²) in [6, 6.07) is 13.4. The number of anilines is 1. The molecule has 0 fully saturated rings. The average molecular weight is 384 g/mol. The lowest BCUT2D eigenvalue weighted by molar-refractivity contribution is 0.101. The van der Waals surface area contributed by atoms with Gasteiger partial charge in [-0.3, -0.25) is 4.79 Å². The second-order valence-electron chi connectivity index (χ2n) is 6.99. The fourth-order valence-electron chi connectivity index (χ4n) is 3.40. The third-order valence-electron chi connectivity index (χ3n) is 5.05. The highest BCUT2D eigenvalue weighted by atomic mass is 32.2. The Labute approximate surface area is 161 Å². The number of aryl methyl sites for hydroxylation is 1. The number of nitrogens with zero attached hydrogens (tertiary/aromatic N) is 1. The minimum atomic E-state index is -3.37. The summed E-state index contributed by atoms with van der Waals surface area (Å²) in [5.74, 6) is -0.0689. The van der Waals surface area contributed by atoms with Crippen molar-refractivity contribution in [1.29, 1.82) is 0 Å². The van der Waals surface area contributed by atoms with E-state index in [1.54, 1.807) is 18.2 Å². The molecule has 0 aromatic heterocycles. The molecule has 0 bridgehead atoms. The van der Waals surface area contributed by atoms with Gasteiger partial charge in [0.05, 0.1) is 10.6 Å². The molecule has 27 heavy (non-hydrogen) atoms. The fraction of sp³-hybridized carbons (Fsp3) is 0.318. The first-order chi connectivity index (χ1) is 12.8. The molecule has 4 nitrogen and oxygen atoms in total. The molecule has 0 aliphatic carbocycles. The van der Waals surface area contributed by atoms with Crippen LogP contribution in [0.1, 0.15) is 41.8 Å². The van der Waals surface area contributed by atoms with E-state index in [0.29, 0.717) is 24.3 Å². The van der Waals surface area contributed by atoms with Gasteiger partial charge in [-0.1, -0.05) is 37.3 Å². The van der Waals surface area contributed by atoms with Crippen LogP contribution in [0.3, 0.4) is 0 Å². The Balaban J connectivity index is 1.91. The molecule has 2 aromatic carbocycles. The lowest BCUT2D eigenvalue weighted by Crippen LogP contribution is -2.29. The van der Waals surface area contributed by atoms with E-state index >= 15 is 0 Å². The van der Waals surface area contributed by atoms with Gasteiger partial charge in [0.15, 0.2) is 15.6 Å². The highest BCUT2D eigenvalue weighted by molar-refractivity contribution is 7.90. The van der Waals surface area contributed by atoms with Crippen LogP contribution in [0, 0.1) is 0 Å². The molecular formula is C22H25NO3S. The maximum Gasteiger partial charge on any atom is 0.177 e. The summed E-state index contributed by atoms with van der Waals surface area (Å²) in [6.45, 7) is 4.97. The molecule has 3 rings (SSSR count). The van der Waals surface area contributed by atoms with Gasteiger partial charge in [-0.15, -0.1) is 0 Å². The Hall–Kier alpha value is -2.40. The summed E-state index contributed by atoms with van der Waals surface area (Å²) in [5, 5.41) is 0. The number of hydrogen-bond donors (Lipinski definition) is 0. The van der Waals surface area contributed by atoms with Crippen LogP contribution in [0.5, 0.6) is 0 Å². The molecule has 0 radical (unpaired) electrons. The third kappa shape index (κ3) is 4.30. The zero-order valence-electron chi connectivity index (χ0n) is 16.0. The Morgan fingerprint density at radius 3 is 2.33 bits per heavy atom. The molecular weight excluding hydrogens is 358 g/mol. The number of carbonyl (C=O) groups is 1. The second kappa shape index (κ2) is 7.69. The van der Waals surface area contributed by atoms with Crippen LogP contribution in [-0.4, -0.2) is 33.5 Å². The maximum absolute atomic E-state index is 12.2. The molecule has 1 aliphatic rings. The van der Waals surface area contributed by atoms with E-state index in [1.165, 1.54) is 29.9 Å². The van der Waals surface area contributed by atoms with Crippen molar-refractivity contribution in [3.05, 3.63) is 65.2 Å². The van der Waals surface area contributed by atoms with E-state index < -0.39 is 9.84 Å². The number of sulfone groups is 1. The van der Waals surface area contributed by atoms with Crippen molar-refractivity contribution in [2.24, 2.45) is 0 Å². The van der Waals surface area contributed by atoms with E-state index in [2.05, 4.69) is 37.3 Å². The van der Waals surface area contributed by atoms with Crippen molar-refractivity contribution in [2.75, 3.05) is 24.2 Å². The lowest BCUT2D eigenvalue weighted by atomic mass is 9.97. The van der Waals surface area contributed by atoms with Crippen molar-refractivity contribution < 1.29 is 13.2 Å². The number of ketones is 1. The predicted octanol–water partition coefficient (Wildman–Crippen LogP) is 4.15. The Morgan fingerprint density at radius 1 is 1.11 bits per heavy atom. The number of hydrogen-bond acceptors (Lipinski definition) is 4. The molecule has 1 aliphatic heterocycles. The molecule has 142 valence electrons. The smallest absolute Gasteiger partial charge is 0.177 e. The number of benzene rings is 2. The van der Waals surface area contributed by atoms with Crippen LogP contribution in [-0.2, 0) is 16.3 Å². The quantitative estimate of drug-likeness (QED) is 0.728. The highest BCUT2D eigenvalue weighted by Crippen LogP contribution is 2.31. The van der Waals surface area contributed by atoms with Crippen LogP contribution in [0.2, 0.25) is 0 Å².